The molecule has 10 nitrogen and oxygen atoms in total. The van der Waals surface area contributed by atoms with Crippen molar-refractivity contribution in [2.75, 3.05) is 14.2 Å². The predicted molar refractivity (Wildman–Crippen MR) is 181 cm³/mol. The van der Waals surface area contributed by atoms with Gasteiger partial charge in [-0.3, -0.25) is 14.4 Å². The summed E-state index contributed by atoms with van der Waals surface area (Å²) in [5.74, 6) is 2.84. The molecule has 4 saturated carbocycles. The minimum atomic E-state index is -1.12. The summed E-state index contributed by atoms with van der Waals surface area (Å²) in [4.78, 5) is 50.1. The van der Waals surface area contributed by atoms with Gasteiger partial charge in [0.2, 0.25) is 6.29 Å². The Morgan fingerprint density at radius 1 is 0.837 bits per heavy atom. The Kier molecular flexibility index (Phi) is 11.5. The van der Waals surface area contributed by atoms with Crippen molar-refractivity contribution < 1.29 is 47.6 Å². The van der Waals surface area contributed by atoms with E-state index in [9.17, 15) is 19.2 Å². The molecule has 0 aromatic heterocycles. The zero-order chi connectivity index (χ0) is 35.5. The monoisotopic (exact) mass is 684 g/mol. The summed E-state index contributed by atoms with van der Waals surface area (Å²) >= 11 is 0. The van der Waals surface area contributed by atoms with Crippen molar-refractivity contribution in [2.24, 2.45) is 46.3 Å². The number of esters is 2. The number of Topliss-reactive ketones (excluding diaryl/α,β-unsaturated/α-hetero) is 1. The molecule has 0 N–H and O–H groups in total. The molecule has 0 aliphatic heterocycles. The van der Waals surface area contributed by atoms with E-state index < -0.39 is 24.4 Å². The Hall–Kier alpha value is -3.30. The molecule has 2 unspecified atom stereocenters. The molecule has 49 heavy (non-hydrogen) atoms. The van der Waals surface area contributed by atoms with E-state index in [1.807, 2.05) is 0 Å². The molecule has 1 aromatic rings. The van der Waals surface area contributed by atoms with Crippen LogP contribution in [0.5, 0.6) is 11.5 Å². The van der Waals surface area contributed by atoms with Gasteiger partial charge >= 0.3 is 18.1 Å². The molecule has 0 spiro atoms. The fourth-order valence-corrected chi connectivity index (χ4v) is 10.4. The van der Waals surface area contributed by atoms with E-state index in [1.165, 1.54) is 33.3 Å². The van der Waals surface area contributed by atoms with Crippen LogP contribution in [0.3, 0.4) is 0 Å². The van der Waals surface area contributed by atoms with Gasteiger partial charge in [-0.1, -0.05) is 20.8 Å². The van der Waals surface area contributed by atoms with Crippen molar-refractivity contribution in [1.29, 1.82) is 0 Å². The van der Waals surface area contributed by atoms with Crippen LogP contribution in [-0.4, -0.2) is 50.5 Å². The smallest absolute Gasteiger partial charge is 0.497 e. The molecule has 0 heterocycles. The zero-order valence-electron chi connectivity index (χ0n) is 30.4. The van der Waals surface area contributed by atoms with E-state index in [-0.39, 0.29) is 48.2 Å². The van der Waals surface area contributed by atoms with Crippen molar-refractivity contribution in [3.8, 4) is 11.5 Å². The molecule has 4 aliphatic carbocycles. The number of benzene rings is 1. The molecule has 0 amide bonds. The van der Waals surface area contributed by atoms with E-state index in [0.717, 1.165) is 38.5 Å². The Morgan fingerprint density at radius 3 is 2.27 bits per heavy atom. The quantitative estimate of drug-likeness (QED) is 0.122. The number of rotatable bonds is 12. The van der Waals surface area contributed by atoms with E-state index >= 15 is 0 Å². The number of carbonyl (C=O) groups excluding carboxylic acids is 4. The van der Waals surface area contributed by atoms with Crippen molar-refractivity contribution in [3.63, 3.8) is 0 Å². The van der Waals surface area contributed by atoms with Crippen LogP contribution in [0, 0.1) is 46.3 Å². The molecule has 5 rings (SSSR count). The average molecular weight is 685 g/mol. The third-order valence-electron chi connectivity index (χ3n) is 12.8. The topological polar surface area (TPSA) is 124 Å². The van der Waals surface area contributed by atoms with E-state index in [0.29, 0.717) is 46.5 Å². The van der Waals surface area contributed by atoms with Gasteiger partial charge in [-0.15, -0.1) is 0 Å². The summed E-state index contributed by atoms with van der Waals surface area (Å²) in [6.45, 7) is 9.90. The van der Waals surface area contributed by atoms with Crippen LogP contribution in [0.1, 0.15) is 111 Å². The molecule has 0 bridgehead atoms. The van der Waals surface area contributed by atoms with E-state index in [1.54, 1.807) is 39.2 Å². The van der Waals surface area contributed by atoms with Gasteiger partial charge in [0, 0.05) is 37.3 Å². The molecule has 0 radical (unpaired) electrons. The number of hydrogen-bond donors (Lipinski definition) is 0. The molecule has 1 aromatic carbocycles. The fraction of sp³-hybridized carbons (Fsp3) is 0.744. The number of methoxy groups -OCH3 is 2. The first kappa shape index (κ1) is 37.0. The Labute approximate surface area is 291 Å². The molecule has 272 valence electrons. The summed E-state index contributed by atoms with van der Waals surface area (Å²) in [6.07, 6.45) is 7.28. The van der Waals surface area contributed by atoms with E-state index in [4.69, 9.17) is 28.4 Å². The van der Waals surface area contributed by atoms with Crippen LogP contribution in [0.2, 0.25) is 0 Å². The van der Waals surface area contributed by atoms with Gasteiger partial charge in [-0.05, 0) is 117 Å². The lowest BCUT2D eigenvalue weighted by Crippen LogP contribution is -2.54. The van der Waals surface area contributed by atoms with Gasteiger partial charge in [-0.25, -0.2) is 4.79 Å². The molecule has 10 heteroatoms. The predicted octanol–water partition coefficient (Wildman–Crippen LogP) is 7.82. The fourth-order valence-electron chi connectivity index (χ4n) is 10.4. The van der Waals surface area contributed by atoms with Crippen LogP contribution in [-0.2, 0) is 39.9 Å². The largest absolute Gasteiger partial charge is 0.511 e. The highest BCUT2D eigenvalue weighted by atomic mass is 16.8. The third kappa shape index (κ3) is 8.04. The van der Waals surface area contributed by atoms with Gasteiger partial charge in [-0.2, -0.15) is 0 Å². The SMILES string of the molecule is COc1ccc(COC(=O)CC(C)CC(=O)OC(C)OC(=O)O[C@@H]2CC[C@@]3(C)[C@@H](CC[C@@H]4[C@@H]3CC[C@]3(C)[C@@H](C(C)=O)CC[C@@H]43)C2)c(OC)c1. The maximum atomic E-state index is 12.7. The Morgan fingerprint density at radius 2 is 1.55 bits per heavy atom. The van der Waals surface area contributed by atoms with Gasteiger partial charge in [0.05, 0.1) is 14.2 Å². The second-order valence-electron chi connectivity index (χ2n) is 15.7. The molecule has 4 fully saturated rings. The molecular weight excluding hydrogens is 628 g/mol. The van der Waals surface area contributed by atoms with Gasteiger partial charge in [0.15, 0.2) is 0 Å². The maximum absolute atomic E-state index is 12.7. The van der Waals surface area contributed by atoms with Gasteiger partial charge < -0.3 is 28.4 Å². The number of hydrogen-bond acceptors (Lipinski definition) is 10. The summed E-state index contributed by atoms with van der Waals surface area (Å²) in [5.41, 5.74) is 1.07. The average Bonchev–Trinajstić information content (AvgIpc) is 3.41. The van der Waals surface area contributed by atoms with Crippen LogP contribution in [0.25, 0.3) is 0 Å². The number of carbonyl (C=O) groups is 4. The van der Waals surface area contributed by atoms with Crippen LogP contribution < -0.4 is 9.47 Å². The first-order valence-electron chi connectivity index (χ1n) is 18.2. The van der Waals surface area contributed by atoms with Crippen molar-refractivity contribution in [2.45, 2.75) is 124 Å². The minimum Gasteiger partial charge on any atom is -0.497 e. The second-order valence-corrected chi connectivity index (χ2v) is 15.7. The third-order valence-corrected chi connectivity index (χ3v) is 12.8. The van der Waals surface area contributed by atoms with Crippen molar-refractivity contribution in [1.82, 2.24) is 0 Å². The van der Waals surface area contributed by atoms with Gasteiger partial charge in [0.1, 0.15) is 30.0 Å². The lowest BCUT2D eigenvalue weighted by molar-refractivity contribution is -0.172. The number of fused-ring (bicyclic) bond motifs is 5. The molecule has 4 aliphatic rings. The van der Waals surface area contributed by atoms with Gasteiger partial charge in [0.25, 0.3) is 0 Å². The lowest BCUT2D eigenvalue weighted by Gasteiger charge is -2.61. The Balaban J connectivity index is 1.02. The normalized spacial score (nSPS) is 33.0. The lowest BCUT2D eigenvalue weighted by atomic mass is 9.44. The van der Waals surface area contributed by atoms with Crippen molar-refractivity contribution >= 4 is 23.9 Å². The second kappa shape index (κ2) is 15.3. The summed E-state index contributed by atoms with van der Waals surface area (Å²) < 4.78 is 32.3. The summed E-state index contributed by atoms with van der Waals surface area (Å²) in [6, 6.07) is 5.23. The summed E-state index contributed by atoms with van der Waals surface area (Å²) in [5, 5.41) is 0. The van der Waals surface area contributed by atoms with Crippen LogP contribution in [0.15, 0.2) is 18.2 Å². The number of ketones is 1. The van der Waals surface area contributed by atoms with Crippen LogP contribution >= 0.6 is 0 Å². The first-order valence-corrected chi connectivity index (χ1v) is 18.2. The molecular formula is C39H56O10. The zero-order valence-corrected chi connectivity index (χ0v) is 30.4. The molecule has 0 saturated heterocycles. The molecule has 10 atom stereocenters. The standard InChI is InChI=1S/C39H56O10/c1-23(18-35(41)46-22-26-8-10-28(44-6)21-34(26)45-7)19-36(42)47-25(3)48-37(43)49-29-14-16-38(4)27(20-29)9-11-30-32-13-12-31(24(2)40)39(32,5)17-15-33(30)38/h8,10,21,23,25,27,29-33H,9,11-20,22H2,1-7H3/t23?,25?,27-,29+,30-,31+,32-,33-,38-,39+/m0/s1. The minimum absolute atomic E-state index is 0.0210. The highest BCUT2D eigenvalue weighted by Crippen LogP contribution is 2.67. The highest BCUT2D eigenvalue weighted by Gasteiger charge is 2.61. The van der Waals surface area contributed by atoms with E-state index in [2.05, 4.69) is 13.8 Å². The highest BCUT2D eigenvalue weighted by molar-refractivity contribution is 5.79. The number of ether oxygens (including phenoxy) is 6. The Bertz CT molecular complexity index is 1380. The summed E-state index contributed by atoms with van der Waals surface area (Å²) in [7, 11) is 3.09. The first-order chi connectivity index (χ1) is 23.3. The maximum Gasteiger partial charge on any atom is 0.511 e. The van der Waals surface area contributed by atoms with Crippen LogP contribution in [0.4, 0.5) is 4.79 Å². The van der Waals surface area contributed by atoms with Crippen molar-refractivity contribution in [3.05, 3.63) is 23.8 Å².